The number of halogens is 2. The Hall–Kier alpha value is -1.38. The zero-order valence-electron chi connectivity index (χ0n) is 9.11. The molecule has 96 valence electrons. The van der Waals surface area contributed by atoms with Crippen molar-refractivity contribution in [2.45, 2.75) is 0 Å². The van der Waals surface area contributed by atoms with E-state index in [1.165, 1.54) is 12.1 Å². The summed E-state index contributed by atoms with van der Waals surface area (Å²) in [5.74, 6) is -2.05. The average molecular weight is 380 g/mol. The lowest BCUT2D eigenvalue weighted by atomic mass is 10.1. The molecule has 0 saturated carbocycles. The van der Waals surface area contributed by atoms with Crippen LogP contribution in [0.1, 0.15) is 0 Å². The van der Waals surface area contributed by atoms with Crippen LogP contribution >= 0.6 is 31.9 Å². The summed E-state index contributed by atoms with van der Waals surface area (Å²) in [6.45, 7) is 0.0539. The topological polar surface area (TPSA) is 100 Å². The van der Waals surface area contributed by atoms with E-state index in [4.69, 9.17) is 10.5 Å². The Morgan fingerprint density at radius 3 is 1.44 bits per heavy atom. The highest BCUT2D eigenvalue weighted by Crippen LogP contribution is 2.08. The maximum absolute atomic E-state index is 11.4. The highest BCUT2D eigenvalue weighted by atomic mass is 79.9. The van der Waals surface area contributed by atoms with Gasteiger partial charge in [-0.05, 0) is 0 Å². The van der Waals surface area contributed by atoms with Crippen LogP contribution in [-0.4, -0.2) is 35.8 Å². The third kappa shape index (κ3) is 5.30. The van der Waals surface area contributed by atoms with Gasteiger partial charge in [0.05, 0.1) is 0 Å². The van der Waals surface area contributed by atoms with E-state index >= 15 is 0 Å². The van der Waals surface area contributed by atoms with Gasteiger partial charge in [-0.25, -0.2) is 9.59 Å². The fraction of sp³-hybridized carbons (Fsp3) is 0.400. The molecule has 0 atom stereocenters. The number of hydrogen-bond donors (Lipinski definition) is 0. The van der Waals surface area contributed by atoms with E-state index in [-0.39, 0.29) is 13.2 Å². The van der Waals surface area contributed by atoms with E-state index in [0.29, 0.717) is 10.7 Å². The van der Waals surface area contributed by atoms with Crippen LogP contribution in [0.5, 0.6) is 0 Å². The number of ether oxygens (including phenoxy) is 2. The van der Waals surface area contributed by atoms with E-state index in [1.807, 2.05) is 0 Å². The van der Waals surface area contributed by atoms with Gasteiger partial charge in [0.1, 0.15) is 25.4 Å². The van der Waals surface area contributed by atoms with E-state index in [9.17, 15) is 9.59 Å². The van der Waals surface area contributed by atoms with E-state index in [2.05, 4.69) is 41.3 Å². The first kappa shape index (κ1) is 16.6. The number of carbonyl (C=O) groups is 2. The Morgan fingerprint density at radius 2 is 1.22 bits per heavy atom. The van der Waals surface area contributed by atoms with Crippen molar-refractivity contribution in [2.24, 2.45) is 0 Å². The van der Waals surface area contributed by atoms with Gasteiger partial charge in [-0.2, -0.15) is 10.5 Å². The minimum Gasteiger partial charge on any atom is -0.461 e. The van der Waals surface area contributed by atoms with Crippen molar-refractivity contribution in [3.8, 4) is 12.1 Å². The summed E-state index contributed by atoms with van der Waals surface area (Å²) in [6, 6.07) is 2.95. The molecule has 8 heteroatoms. The van der Waals surface area contributed by atoms with Crippen LogP contribution in [0.4, 0.5) is 0 Å². The number of hydrogen-bond acceptors (Lipinski definition) is 6. The summed E-state index contributed by atoms with van der Waals surface area (Å²) in [5, 5.41) is 18.3. The molecule has 0 aliphatic heterocycles. The van der Waals surface area contributed by atoms with E-state index < -0.39 is 23.1 Å². The molecule has 0 aliphatic carbocycles. The lowest BCUT2D eigenvalue weighted by Crippen LogP contribution is -2.16. The average Bonchev–Trinajstić information content (AvgIpc) is 2.39. The molecule has 18 heavy (non-hydrogen) atoms. The summed E-state index contributed by atoms with van der Waals surface area (Å²) in [4.78, 5) is 22.8. The second kappa shape index (κ2) is 9.63. The molecule has 0 saturated heterocycles. The zero-order chi connectivity index (χ0) is 14.0. The van der Waals surface area contributed by atoms with Crippen molar-refractivity contribution in [3.05, 3.63) is 11.1 Å². The van der Waals surface area contributed by atoms with Gasteiger partial charge in [0.15, 0.2) is 11.1 Å². The minimum atomic E-state index is -1.02. The first-order chi connectivity index (χ1) is 8.62. The number of esters is 2. The van der Waals surface area contributed by atoms with Crippen LogP contribution < -0.4 is 0 Å². The molecule has 0 bridgehead atoms. The molecule has 0 radical (unpaired) electrons. The first-order valence-corrected chi connectivity index (χ1v) is 6.87. The molecule has 0 aromatic heterocycles. The fourth-order valence-corrected chi connectivity index (χ4v) is 1.14. The third-order valence-electron chi connectivity index (χ3n) is 1.50. The Kier molecular flexibility index (Phi) is 8.89. The lowest BCUT2D eigenvalue weighted by molar-refractivity contribution is -0.141. The van der Waals surface area contributed by atoms with Gasteiger partial charge in [0, 0.05) is 10.7 Å². The van der Waals surface area contributed by atoms with Crippen molar-refractivity contribution in [3.63, 3.8) is 0 Å². The second-order valence-electron chi connectivity index (χ2n) is 2.62. The maximum Gasteiger partial charge on any atom is 0.350 e. The van der Waals surface area contributed by atoms with Gasteiger partial charge in [0.25, 0.3) is 0 Å². The molecule has 0 amide bonds. The second-order valence-corrected chi connectivity index (χ2v) is 4.21. The van der Waals surface area contributed by atoms with Crippen molar-refractivity contribution >= 4 is 43.8 Å². The molecule has 0 aliphatic rings. The van der Waals surface area contributed by atoms with Crippen LogP contribution in [0.2, 0.25) is 0 Å². The molecular formula is C10H8Br2N2O4. The van der Waals surface area contributed by atoms with Crippen LogP contribution in [0.25, 0.3) is 0 Å². The maximum atomic E-state index is 11.4. The van der Waals surface area contributed by atoms with Crippen molar-refractivity contribution in [1.29, 1.82) is 10.5 Å². The molecule has 0 heterocycles. The van der Waals surface area contributed by atoms with Gasteiger partial charge in [-0.1, -0.05) is 31.9 Å². The molecule has 0 fully saturated rings. The molecule has 6 nitrogen and oxygen atoms in total. The highest BCUT2D eigenvalue weighted by molar-refractivity contribution is 9.09. The Balaban J connectivity index is 5.08. The zero-order valence-corrected chi connectivity index (χ0v) is 12.3. The van der Waals surface area contributed by atoms with Crippen molar-refractivity contribution < 1.29 is 19.1 Å². The van der Waals surface area contributed by atoms with Crippen LogP contribution in [0.3, 0.4) is 0 Å². The van der Waals surface area contributed by atoms with Gasteiger partial charge in [-0.3, -0.25) is 0 Å². The summed E-state index contributed by atoms with van der Waals surface area (Å²) < 4.78 is 9.29. The minimum absolute atomic E-state index is 0.0270. The quantitative estimate of drug-likeness (QED) is 0.297. The van der Waals surface area contributed by atoms with Gasteiger partial charge < -0.3 is 9.47 Å². The third-order valence-corrected chi connectivity index (χ3v) is 2.15. The van der Waals surface area contributed by atoms with Crippen molar-refractivity contribution in [2.75, 3.05) is 23.9 Å². The predicted molar refractivity (Wildman–Crippen MR) is 67.8 cm³/mol. The number of carbonyl (C=O) groups excluding carboxylic acids is 2. The van der Waals surface area contributed by atoms with E-state index in [1.54, 1.807) is 0 Å². The van der Waals surface area contributed by atoms with Crippen LogP contribution in [0, 0.1) is 22.7 Å². The van der Waals surface area contributed by atoms with Gasteiger partial charge >= 0.3 is 11.9 Å². The smallest absolute Gasteiger partial charge is 0.350 e. The molecule has 0 spiro atoms. The monoisotopic (exact) mass is 378 g/mol. The summed E-state index contributed by atoms with van der Waals surface area (Å²) >= 11 is 6.06. The van der Waals surface area contributed by atoms with Crippen LogP contribution in [0.15, 0.2) is 11.1 Å². The summed E-state index contributed by atoms with van der Waals surface area (Å²) in [7, 11) is 0. The molecule has 0 rings (SSSR count). The number of nitrogens with zero attached hydrogens (tertiary/aromatic N) is 2. The summed E-state index contributed by atoms with van der Waals surface area (Å²) in [5.41, 5.74) is -1.31. The first-order valence-electron chi connectivity index (χ1n) is 4.63. The van der Waals surface area contributed by atoms with Gasteiger partial charge in [0.2, 0.25) is 0 Å². The largest absolute Gasteiger partial charge is 0.461 e. The molecule has 0 N–H and O–H groups in total. The molecule has 0 unspecified atom stereocenters. The number of nitriles is 2. The Bertz CT molecular complexity index is 394. The fourth-order valence-electron chi connectivity index (χ4n) is 0.814. The standard InChI is InChI=1S/C10H8Br2N2O4/c11-1-3-17-9(15)7(5-13)8(6-14)10(16)18-4-2-12/h1-4H2/b8-7+. The highest BCUT2D eigenvalue weighted by Gasteiger charge is 2.23. The lowest BCUT2D eigenvalue weighted by Gasteiger charge is -2.04. The normalized spacial score (nSPS) is 10.7. The summed E-state index contributed by atoms with van der Waals surface area (Å²) in [6.07, 6.45) is 0. The van der Waals surface area contributed by atoms with Crippen LogP contribution in [-0.2, 0) is 19.1 Å². The number of alkyl halides is 2. The Morgan fingerprint density at radius 1 is 0.889 bits per heavy atom. The predicted octanol–water partition coefficient (Wildman–Crippen LogP) is 1.21. The number of rotatable bonds is 6. The molecule has 0 aromatic carbocycles. The van der Waals surface area contributed by atoms with E-state index in [0.717, 1.165) is 0 Å². The van der Waals surface area contributed by atoms with Crippen molar-refractivity contribution in [1.82, 2.24) is 0 Å². The Labute approximate surface area is 120 Å². The SMILES string of the molecule is N#C/C(C(=O)OCCBr)=C(/C#N)C(=O)OCCBr. The molecular weight excluding hydrogens is 372 g/mol. The molecule has 0 aromatic rings. The van der Waals surface area contributed by atoms with Gasteiger partial charge in [-0.15, -0.1) is 0 Å².